The maximum absolute atomic E-state index is 14.1. The zero-order valence-electron chi connectivity index (χ0n) is 24.6. The van der Waals surface area contributed by atoms with E-state index in [1.807, 2.05) is 6.08 Å². The summed E-state index contributed by atoms with van der Waals surface area (Å²) in [4.78, 5) is 37.7. The van der Waals surface area contributed by atoms with Crippen LogP contribution in [0.4, 0.5) is 15.9 Å². The molecule has 1 fully saturated rings. The van der Waals surface area contributed by atoms with Gasteiger partial charge in [-0.15, -0.1) is 0 Å². The molecule has 0 bridgehead atoms. The first-order chi connectivity index (χ1) is 21.9. The number of aromatic nitrogens is 4. The topological polar surface area (TPSA) is 118 Å². The van der Waals surface area contributed by atoms with Crippen molar-refractivity contribution in [1.29, 1.82) is 0 Å². The van der Waals surface area contributed by atoms with E-state index >= 15 is 0 Å². The number of carbonyl (C=O) groups is 1. The average Bonchev–Trinajstić information content (AvgIpc) is 3.84. The fourth-order valence-corrected chi connectivity index (χ4v) is 12.3. The summed E-state index contributed by atoms with van der Waals surface area (Å²) in [7, 11) is 0. The van der Waals surface area contributed by atoms with Gasteiger partial charge in [0, 0.05) is 6.07 Å². The van der Waals surface area contributed by atoms with Gasteiger partial charge in [-0.05, 0) is 36.4 Å². The predicted molar refractivity (Wildman–Crippen MR) is 172 cm³/mol. The minimum absolute atomic E-state index is 0.104. The SMILES string of the molecule is [CH3][In]([CH2]/C=C/C(=O)N1CCOc2ccc(-n3c(=O)n(-c4ccc(Oc5cccc(F)c5)cc4)c4c(N)ncnc43)cc21)[CH]1CC1. The number of ether oxygens (including phenoxy) is 2. The van der Waals surface area contributed by atoms with Crippen LogP contribution in [0.3, 0.4) is 0 Å². The van der Waals surface area contributed by atoms with Crippen molar-refractivity contribution in [3.05, 3.63) is 102 Å². The van der Waals surface area contributed by atoms with E-state index in [4.69, 9.17) is 15.2 Å². The molecule has 5 aromatic rings. The van der Waals surface area contributed by atoms with E-state index in [1.165, 1.54) is 40.4 Å². The molecule has 0 atom stereocenters. The molecule has 0 unspecified atom stereocenters. The first-order valence-corrected chi connectivity index (χ1v) is 22.4. The third-order valence-corrected chi connectivity index (χ3v) is 17.7. The Morgan fingerprint density at radius 2 is 1.87 bits per heavy atom. The minimum atomic E-state index is -1.54. The maximum atomic E-state index is 14.1. The first kappa shape index (κ1) is 29.1. The number of carbonyl (C=O) groups excluding carboxylic acids is 1. The first-order valence-electron chi connectivity index (χ1n) is 14.9. The van der Waals surface area contributed by atoms with Gasteiger partial charge in [0.15, 0.2) is 0 Å². The van der Waals surface area contributed by atoms with E-state index in [2.05, 4.69) is 14.6 Å². The summed E-state index contributed by atoms with van der Waals surface area (Å²) in [6, 6.07) is 17.9. The third kappa shape index (κ3) is 5.82. The molecule has 2 N–H and O–H groups in total. The molecule has 2 aliphatic rings. The van der Waals surface area contributed by atoms with Gasteiger partial charge in [0.25, 0.3) is 0 Å². The Hall–Kier alpha value is -4.58. The van der Waals surface area contributed by atoms with Gasteiger partial charge >= 0.3 is 181 Å². The number of amides is 1. The Kier molecular flexibility index (Phi) is 7.82. The molecule has 45 heavy (non-hydrogen) atoms. The van der Waals surface area contributed by atoms with Crippen molar-refractivity contribution in [3.8, 4) is 28.6 Å². The number of benzene rings is 3. The van der Waals surface area contributed by atoms with Gasteiger partial charge in [0.1, 0.15) is 17.3 Å². The molecule has 12 heteroatoms. The number of hydrogen-bond acceptors (Lipinski definition) is 7. The van der Waals surface area contributed by atoms with Gasteiger partial charge in [-0.1, -0.05) is 6.07 Å². The summed E-state index contributed by atoms with van der Waals surface area (Å²) >= 11 is -1.54. The van der Waals surface area contributed by atoms with Gasteiger partial charge < -0.3 is 10.5 Å². The van der Waals surface area contributed by atoms with Crippen molar-refractivity contribution in [3.63, 3.8) is 0 Å². The fourth-order valence-electron chi connectivity index (χ4n) is 5.75. The summed E-state index contributed by atoms with van der Waals surface area (Å²) in [5.74, 6) is 1.00. The van der Waals surface area contributed by atoms with Crippen molar-refractivity contribution in [1.82, 2.24) is 19.1 Å². The molecule has 1 aliphatic heterocycles. The fraction of sp³-hybridized carbons (Fsp3) is 0.212. The molecular weight excluding hydrogens is 678 g/mol. The molecule has 2 aromatic heterocycles. The monoisotopic (exact) mass is 708 g/mol. The van der Waals surface area contributed by atoms with Crippen molar-refractivity contribution in [2.75, 3.05) is 23.8 Å². The molecule has 0 saturated heterocycles. The van der Waals surface area contributed by atoms with Crippen LogP contribution in [0.2, 0.25) is 12.5 Å². The van der Waals surface area contributed by atoms with E-state index in [-0.39, 0.29) is 11.7 Å². The Bertz CT molecular complexity index is 2000. The molecule has 3 aromatic carbocycles. The summed E-state index contributed by atoms with van der Waals surface area (Å²) in [5.41, 5.74) is 8.11. The van der Waals surface area contributed by atoms with E-state index in [0.29, 0.717) is 58.6 Å². The number of nitrogens with zero attached hydrogens (tertiary/aromatic N) is 5. The number of halogens is 1. The van der Waals surface area contributed by atoms with Crippen LogP contribution < -0.4 is 25.8 Å². The van der Waals surface area contributed by atoms with Crippen molar-refractivity contribution in [2.24, 2.45) is 0 Å². The summed E-state index contributed by atoms with van der Waals surface area (Å²) < 4.78 is 32.6. The van der Waals surface area contributed by atoms with E-state index in [1.54, 1.807) is 65.6 Å². The van der Waals surface area contributed by atoms with Crippen LogP contribution in [0.15, 0.2) is 90.0 Å². The average molecular weight is 708 g/mol. The van der Waals surface area contributed by atoms with Gasteiger partial charge in [-0.25, -0.2) is 9.37 Å². The number of anilines is 2. The summed E-state index contributed by atoms with van der Waals surface area (Å²) in [6.07, 6.45) is 7.77. The van der Waals surface area contributed by atoms with E-state index in [0.717, 1.165) is 7.85 Å². The second kappa shape index (κ2) is 12.1. The Labute approximate surface area is 266 Å². The van der Waals surface area contributed by atoms with Crippen LogP contribution in [0, 0.1) is 5.82 Å². The number of fused-ring (bicyclic) bond motifs is 2. The quantitative estimate of drug-likeness (QED) is 0.207. The van der Waals surface area contributed by atoms with Crippen molar-refractivity contribution in [2.45, 2.75) is 25.4 Å². The van der Waals surface area contributed by atoms with Crippen LogP contribution in [0.1, 0.15) is 12.8 Å². The molecule has 226 valence electrons. The van der Waals surface area contributed by atoms with Crippen LogP contribution in [-0.2, 0) is 4.79 Å². The van der Waals surface area contributed by atoms with Gasteiger partial charge in [0.2, 0.25) is 0 Å². The predicted octanol–water partition coefficient (Wildman–Crippen LogP) is 5.66. The van der Waals surface area contributed by atoms with Gasteiger partial charge in [-0.2, -0.15) is 0 Å². The van der Waals surface area contributed by atoms with Crippen LogP contribution in [-0.4, -0.2) is 59.6 Å². The van der Waals surface area contributed by atoms with Gasteiger partial charge in [0.05, 0.1) is 0 Å². The molecule has 7 rings (SSSR count). The second-order valence-electron chi connectivity index (χ2n) is 11.4. The summed E-state index contributed by atoms with van der Waals surface area (Å²) in [5, 5.41) is 0. The van der Waals surface area contributed by atoms with Gasteiger partial charge in [-0.3, -0.25) is 0 Å². The number of nitrogens with two attached hydrogens (primary N) is 1. The zero-order valence-corrected chi connectivity index (χ0v) is 27.9. The second-order valence-corrected chi connectivity index (χ2v) is 21.0. The molecular formula is C33H30FInN6O4. The molecule has 0 radical (unpaired) electrons. The van der Waals surface area contributed by atoms with Crippen molar-refractivity contribution >= 4 is 50.0 Å². The van der Waals surface area contributed by atoms with Crippen LogP contribution in [0.5, 0.6) is 17.2 Å². The zero-order chi connectivity index (χ0) is 31.1. The third-order valence-electron chi connectivity index (χ3n) is 8.30. The number of allylic oxidation sites excluding steroid dienone is 1. The van der Waals surface area contributed by atoms with Crippen molar-refractivity contribution < 1.29 is 18.7 Å². The molecule has 10 nitrogen and oxygen atoms in total. The Balaban J connectivity index is 1.24. The number of imidazole rings is 1. The number of hydrogen-bond donors (Lipinski definition) is 1. The molecule has 1 aliphatic carbocycles. The Morgan fingerprint density at radius 3 is 2.64 bits per heavy atom. The molecule has 0 spiro atoms. The van der Waals surface area contributed by atoms with Crippen LogP contribution >= 0.6 is 0 Å². The molecule has 3 heterocycles. The van der Waals surface area contributed by atoms with Crippen LogP contribution in [0.25, 0.3) is 22.5 Å². The normalized spacial score (nSPS) is 14.4. The standard InChI is InChI=1S/C29H22FN6O4.C3H5.CH3.In/c1-2-4-25(37)34-13-14-39-24-12-9-20(16-23(24)34)36-28-26(27(31)32-17-33-28)35(29(36)38)19-7-10-21(11-8-19)40-22-6-3-5-18(30)15-22;1-2-3-1;;/h2-12,15-17H,1,13-14H2,(H2,31,32,33);1H,2-3H2;1H3;/b4-2+;;;. The number of nitrogen functional groups attached to an aromatic ring is 1. The molecule has 1 saturated carbocycles. The summed E-state index contributed by atoms with van der Waals surface area (Å²) in [6.45, 7) is 0.780. The molecule has 1 amide bonds. The Morgan fingerprint density at radius 1 is 1.07 bits per heavy atom. The van der Waals surface area contributed by atoms with E-state index < -0.39 is 32.9 Å². The van der Waals surface area contributed by atoms with E-state index in [9.17, 15) is 14.0 Å². The number of rotatable bonds is 8.